The second kappa shape index (κ2) is 8.69. The Bertz CT molecular complexity index is 403. The van der Waals surface area contributed by atoms with Crippen molar-refractivity contribution >= 4 is 5.91 Å². The van der Waals surface area contributed by atoms with Gasteiger partial charge in [0, 0.05) is 6.42 Å². The molecule has 4 heteroatoms. The van der Waals surface area contributed by atoms with Crippen LogP contribution < -0.4 is 11.1 Å². The summed E-state index contributed by atoms with van der Waals surface area (Å²) >= 11 is 0. The smallest absolute Gasteiger partial charge is 0.220 e. The van der Waals surface area contributed by atoms with Crippen LogP contribution in [0.3, 0.4) is 0 Å². The topological polar surface area (TPSA) is 55.1 Å². The fourth-order valence-electron chi connectivity index (χ4n) is 2.16. The fourth-order valence-corrected chi connectivity index (χ4v) is 2.16. The van der Waals surface area contributed by atoms with E-state index < -0.39 is 0 Å². The van der Waals surface area contributed by atoms with Crippen molar-refractivity contribution in [2.45, 2.75) is 45.6 Å². The largest absolute Gasteiger partial charge is 0.349 e. The molecular formula is C16H25FN2O. The molecule has 20 heavy (non-hydrogen) atoms. The molecule has 0 fully saturated rings. The van der Waals surface area contributed by atoms with Crippen molar-refractivity contribution in [2.75, 3.05) is 6.54 Å². The Hall–Kier alpha value is -1.42. The highest BCUT2D eigenvalue weighted by atomic mass is 19.1. The monoisotopic (exact) mass is 280 g/mol. The summed E-state index contributed by atoms with van der Waals surface area (Å²) in [4.78, 5) is 11.9. The van der Waals surface area contributed by atoms with E-state index in [2.05, 4.69) is 5.32 Å². The predicted molar refractivity (Wildman–Crippen MR) is 79.6 cm³/mol. The predicted octanol–water partition coefficient (Wildman–Crippen LogP) is 3.16. The summed E-state index contributed by atoms with van der Waals surface area (Å²) in [6.07, 6.45) is 3.31. The Labute approximate surface area is 120 Å². The minimum Gasteiger partial charge on any atom is -0.349 e. The third kappa shape index (κ3) is 5.70. The second-order valence-electron chi connectivity index (χ2n) is 5.44. The molecule has 112 valence electrons. The molecule has 1 rings (SSSR count). The van der Waals surface area contributed by atoms with Gasteiger partial charge in [-0.2, -0.15) is 0 Å². The van der Waals surface area contributed by atoms with E-state index in [1.54, 1.807) is 12.1 Å². The number of carbonyl (C=O) groups is 1. The number of carbonyl (C=O) groups excluding carboxylic acids is 1. The van der Waals surface area contributed by atoms with Crippen LogP contribution in [0.2, 0.25) is 0 Å². The van der Waals surface area contributed by atoms with Gasteiger partial charge in [0.2, 0.25) is 5.91 Å². The maximum atomic E-state index is 13.0. The zero-order chi connectivity index (χ0) is 15.0. The molecule has 3 nitrogen and oxygen atoms in total. The van der Waals surface area contributed by atoms with Crippen LogP contribution in [0.15, 0.2) is 24.3 Å². The normalized spacial score (nSPS) is 12.4. The van der Waals surface area contributed by atoms with Crippen LogP contribution >= 0.6 is 0 Å². The maximum absolute atomic E-state index is 13.0. The van der Waals surface area contributed by atoms with Crippen LogP contribution in [0.25, 0.3) is 0 Å². The van der Waals surface area contributed by atoms with Gasteiger partial charge in [-0.1, -0.05) is 32.4 Å². The Morgan fingerprint density at radius 3 is 2.40 bits per heavy atom. The third-order valence-electron chi connectivity index (χ3n) is 3.32. The van der Waals surface area contributed by atoms with E-state index in [0.29, 0.717) is 13.0 Å². The number of hydrogen-bond donors (Lipinski definition) is 2. The van der Waals surface area contributed by atoms with Crippen LogP contribution in [0.4, 0.5) is 4.39 Å². The van der Waals surface area contributed by atoms with Gasteiger partial charge in [-0.15, -0.1) is 0 Å². The summed E-state index contributed by atoms with van der Waals surface area (Å²) in [6, 6.07) is 6.25. The first-order valence-corrected chi connectivity index (χ1v) is 7.29. The van der Waals surface area contributed by atoms with Crippen molar-refractivity contribution < 1.29 is 9.18 Å². The molecule has 0 radical (unpaired) electrons. The molecule has 0 aliphatic rings. The summed E-state index contributed by atoms with van der Waals surface area (Å²) in [5.74, 6) is 0.0443. The second-order valence-corrected chi connectivity index (χ2v) is 5.44. The van der Waals surface area contributed by atoms with E-state index >= 15 is 0 Å². The number of nitrogens with one attached hydrogen (secondary N) is 1. The fraction of sp³-hybridized carbons (Fsp3) is 0.562. The summed E-state index contributed by atoms with van der Waals surface area (Å²) in [7, 11) is 0. The van der Waals surface area contributed by atoms with E-state index in [9.17, 15) is 9.18 Å². The van der Waals surface area contributed by atoms with Gasteiger partial charge in [-0.25, -0.2) is 4.39 Å². The summed E-state index contributed by atoms with van der Waals surface area (Å²) < 4.78 is 13.0. The van der Waals surface area contributed by atoms with Gasteiger partial charge in [0.05, 0.1) is 6.04 Å². The number of rotatable bonds is 8. The van der Waals surface area contributed by atoms with E-state index in [0.717, 1.165) is 24.8 Å². The lowest BCUT2D eigenvalue weighted by Gasteiger charge is -2.23. The SMILES string of the molecule is CC(C)C(NC(=O)CCCCCN)c1ccc(F)cc1. The van der Waals surface area contributed by atoms with Crippen molar-refractivity contribution in [1.82, 2.24) is 5.32 Å². The molecule has 0 aliphatic heterocycles. The molecule has 0 saturated heterocycles. The third-order valence-corrected chi connectivity index (χ3v) is 3.32. The zero-order valence-electron chi connectivity index (χ0n) is 12.4. The van der Waals surface area contributed by atoms with Crippen molar-refractivity contribution in [3.05, 3.63) is 35.6 Å². The first-order chi connectivity index (χ1) is 9.54. The first-order valence-electron chi connectivity index (χ1n) is 7.29. The minimum atomic E-state index is -0.260. The average Bonchev–Trinajstić information content (AvgIpc) is 2.42. The van der Waals surface area contributed by atoms with Gasteiger partial charge < -0.3 is 11.1 Å². The number of hydrogen-bond acceptors (Lipinski definition) is 2. The Balaban J connectivity index is 2.55. The molecular weight excluding hydrogens is 255 g/mol. The molecule has 1 unspecified atom stereocenters. The highest BCUT2D eigenvalue weighted by Gasteiger charge is 2.18. The Kier molecular flexibility index (Phi) is 7.23. The molecule has 0 saturated carbocycles. The number of halogens is 1. The molecule has 0 bridgehead atoms. The van der Waals surface area contributed by atoms with Crippen LogP contribution in [0.1, 0.15) is 51.1 Å². The van der Waals surface area contributed by atoms with Gasteiger partial charge in [0.1, 0.15) is 5.82 Å². The highest BCUT2D eigenvalue weighted by molar-refractivity contribution is 5.76. The number of benzene rings is 1. The lowest BCUT2D eigenvalue weighted by Crippen LogP contribution is -2.31. The number of amides is 1. The molecule has 0 heterocycles. The van der Waals surface area contributed by atoms with Crippen LogP contribution in [-0.4, -0.2) is 12.5 Å². The average molecular weight is 280 g/mol. The molecule has 1 atom stereocenters. The highest BCUT2D eigenvalue weighted by Crippen LogP contribution is 2.22. The molecule has 1 aromatic rings. The van der Waals surface area contributed by atoms with E-state index in [1.807, 2.05) is 13.8 Å². The van der Waals surface area contributed by atoms with Gasteiger partial charge >= 0.3 is 0 Å². The molecule has 0 aromatic heterocycles. The summed E-state index contributed by atoms with van der Waals surface area (Å²) in [5.41, 5.74) is 6.36. The van der Waals surface area contributed by atoms with Crippen molar-refractivity contribution in [2.24, 2.45) is 11.7 Å². The molecule has 0 aliphatic carbocycles. The van der Waals surface area contributed by atoms with Crippen molar-refractivity contribution in [1.29, 1.82) is 0 Å². The van der Waals surface area contributed by atoms with Crippen LogP contribution in [0.5, 0.6) is 0 Å². The van der Waals surface area contributed by atoms with Crippen molar-refractivity contribution in [3.8, 4) is 0 Å². The minimum absolute atomic E-state index is 0.0463. The molecule has 0 spiro atoms. The summed E-state index contributed by atoms with van der Waals surface area (Å²) in [5, 5.41) is 3.04. The number of unbranched alkanes of at least 4 members (excludes halogenated alkanes) is 2. The van der Waals surface area contributed by atoms with Gasteiger partial charge in [0.25, 0.3) is 0 Å². The van der Waals surface area contributed by atoms with Gasteiger partial charge in [-0.3, -0.25) is 4.79 Å². The molecule has 1 aromatic carbocycles. The van der Waals surface area contributed by atoms with Crippen molar-refractivity contribution in [3.63, 3.8) is 0 Å². The van der Waals surface area contributed by atoms with Gasteiger partial charge in [0.15, 0.2) is 0 Å². The van der Waals surface area contributed by atoms with Crippen LogP contribution in [-0.2, 0) is 4.79 Å². The maximum Gasteiger partial charge on any atom is 0.220 e. The quantitative estimate of drug-likeness (QED) is 0.719. The molecule has 3 N–H and O–H groups in total. The van der Waals surface area contributed by atoms with Gasteiger partial charge in [-0.05, 0) is 43.0 Å². The summed E-state index contributed by atoms with van der Waals surface area (Å²) in [6.45, 7) is 4.76. The standard InChI is InChI=1S/C16H25FN2O/c1-12(2)16(13-7-9-14(17)10-8-13)19-15(20)6-4-3-5-11-18/h7-10,12,16H,3-6,11,18H2,1-2H3,(H,19,20). The lowest BCUT2D eigenvalue weighted by atomic mass is 9.95. The first kappa shape index (κ1) is 16.6. The Morgan fingerprint density at radius 1 is 1.20 bits per heavy atom. The Morgan fingerprint density at radius 2 is 1.85 bits per heavy atom. The van der Waals surface area contributed by atoms with Crippen LogP contribution in [0, 0.1) is 11.7 Å². The van der Waals surface area contributed by atoms with E-state index in [4.69, 9.17) is 5.73 Å². The van der Waals surface area contributed by atoms with E-state index in [-0.39, 0.29) is 23.7 Å². The molecule has 1 amide bonds. The van der Waals surface area contributed by atoms with E-state index in [1.165, 1.54) is 12.1 Å². The lowest BCUT2D eigenvalue weighted by molar-refractivity contribution is -0.122. The zero-order valence-corrected chi connectivity index (χ0v) is 12.4. The number of nitrogens with two attached hydrogens (primary N) is 1.